The van der Waals surface area contributed by atoms with E-state index in [0.717, 1.165) is 29.7 Å². The van der Waals surface area contributed by atoms with Crippen molar-refractivity contribution in [2.75, 3.05) is 19.6 Å². The van der Waals surface area contributed by atoms with E-state index in [0.29, 0.717) is 0 Å². The van der Waals surface area contributed by atoms with Crippen LogP contribution in [-0.4, -0.2) is 25.7 Å². The van der Waals surface area contributed by atoms with Crippen molar-refractivity contribution in [3.63, 3.8) is 0 Å². The smallest absolute Gasteiger partial charge is 0.0223 e. The lowest BCUT2D eigenvalue weighted by Gasteiger charge is -2.18. The van der Waals surface area contributed by atoms with Gasteiger partial charge in [-0.3, -0.25) is 0 Å². The maximum absolute atomic E-state index is 3.70. The summed E-state index contributed by atoms with van der Waals surface area (Å²) >= 11 is 0. The number of nitrogens with one attached hydrogen (secondary N) is 2. The van der Waals surface area contributed by atoms with Crippen LogP contribution < -0.4 is 10.6 Å². The van der Waals surface area contributed by atoms with E-state index in [9.17, 15) is 0 Å². The topological polar surface area (TPSA) is 24.1 Å². The molecule has 0 spiro atoms. The van der Waals surface area contributed by atoms with E-state index in [4.69, 9.17) is 0 Å². The number of rotatable bonds is 4. The average Bonchev–Trinajstić information content (AvgIpc) is 2.68. The molecule has 2 heteroatoms. The molecule has 3 fully saturated rings. The minimum absolute atomic E-state index is 0.784. The molecular weight excluding hydrogens is 184 g/mol. The SMILES string of the molecule is CC1CC1CNCC1NCC2CCCC21. The Morgan fingerprint density at radius 1 is 1.27 bits per heavy atom. The molecular formula is C13H24N2. The summed E-state index contributed by atoms with van der Waals surface area (Å²) < 4.78 is 0. The molecule has 3 rings (SSSR count). The van der Waals surface area contributed by atoms with Crippen LogP contribution in [0.1, 0.15) is 32.6 Å². The summed E-state index contributed by atoms with van der Waals surface area (Å²) in [4.78, 5) is 0. The van der Waals surface area contributed by atoms with Crippen molar-refractivity contribution < 1.29 is 0 Å². The zero-order valence-corrected chi connectivity index (χ0v) is 9.84. The van der Waals surface area contributed by atoms with Gasteiger partial charge < -0.3 is 10.6 Å². The normalized spacial score (nSPS) is 48.2. The molecule has 5 unspecified atom stereocenters. The summed E-state index contributed by atoms with van der Waals surface area (Å²) in [6.07, 6.45) is 5.89. The summed E-state index contributed by atoms with van der Waals surface area (Å²) in [6, 6.07) is 0.784. The second-order valence-corrected chi connectivity index (χ2v) is 6.00. The third kappa shape index (κ3) is 2.07. The maximum atomic E-state index is 3.70. The highest BCUT2D eigenvalue weighted by atomic mass is 15.0. The molecule has 2 nitrogen and oxygen atoms in total. The first kappa shape index (κ1) is 10.1. The standard InChI is InChI=1S/C13H24N2/c1-9-5-11(9)6-14-8-13-12-4-2-3-10(12)7-15-13/h9-15H,2-8H2,1H3. The molecule has 0 aromatic heterocycles. The number of fused-ring (bicyclic) bond motifs is 1. The van der Waals surface area contributed by atoms with Crippen molar-refractivity contribution in [2.45, 2.75) is 38.6 Å². The van der Waals surface area contributed by atoms with E-state index in [2.05, 4.69) is 17.6 Å². The lowest BCUT2D eigenvalue weighted by molar-refractivity contribution is 0.390. The van der Waals surface area contributed by atoms with E-state index in [1.54, 1.807) is 0 Å². The van der Waals surface area contributed by atoms with Crippen molar-refractivity contribution in [3.8, 4) is 0 Å². The first-order valence-electron chi connectivity index (χ1n) is 6.78. The van der Waals surface area contributed by atoms with Crippen molar-refractivity contribution >= 4 is 0 Å². The molecule has 1 saturated heterocycles. The van der Waals surface area contributed by atoms with E-state index in [1.165, 1.54) is 45.3 Å². The molecule has 1 aliphatic heterocycles. The molecule has 2 N–H and O–H groups in total. The van der Waals surface area contributed by atoms with E-state index >= 15 is 0 Å². The number of hydrogen-bond donors (Lipinski definition) is 2. The zero-order chi connectivity index (χ0) is 10.3. The molecule has 0 radical (unpaired) electrons. The van der Waals surface area contributed by atoms with Gasteiger partial charge in [0.25, 0.3) is 0 Å². The van der Waals surface area contributed by atoms with Gasteiger partial charge in [0, 0.05) is 12.6 Å². The Kier molecular flexibility index (Phi) is 2.73. The van der Waals surface area contributed by atoms with Crippen LogP contribution in [0.5, 0.6) is 0 Å². The molecule has 2 saturated carbocycles. The summed E-state index contributed by atoms with van der Waals surface area (Å²) in [5.74, 6) is 3.99. The molecule has 0 bridgehead atoms. The monoisotopic (exact) mass is 208 g/mol. The largest absolute Gasteiger partial charge is 0.315 e. The van der Waals surface area contributed by atoms with Crippen molar-refractivity contribution in [1.82, 2.24) is 10.6 Å². The number of hydrogen-bond acceptors (Lipinski definition) is 2. The molecule has 0 aromatic carbocycles. The lowest BCUT2D eigenvalue weighted by Crippen LogP contribution is -2.38. The summed E-state index contributed by atoms with van der Waals surface area (Å²) in [7, 11) is 0. The molecule has 86 valence electrons. The quantitative estimate of drug-likeness (QED) is 0.733. The predicted molar refractivity (Wildman–Crippen MR) is 62.8 cm³/mol. The van der Waals surface area contributed by atoms with Crippen LogP contribution in [0.3, 0.4) is 0 Å². The molecule has 3 aliphatic rings. The van der Waals surface area contributed by atoms with Gasteiger partial charge in [-0.05, 0) is 56.0 Å². The van der Waals surface area contributed by atoms with Gasteiger partial charge in [0.1, 0.15) is 0 Å². The maximum Gasteiger partial charge on any atom is 0.0223 e. The summed E-state index contributed by atoms with van der Waals surface area (Å²) in [5.41, 5.74) is 0. The van der Waals surface area contributed by atoms with E-state index in [1.807, 2.05) is 0 Å². The van der Waals surface area contributed by atoms with Crippen LogP contribution in [-0.2, 0) is 0 Å². The Hall–Kier alpha value is -0.0800. The van der Waals surface area contributed by atoms with Crippen LogP contribution in [0.2, 0.25) is 0 Å². The second-order valence-electron chi connectivity index (χ2n) is 6.00. The Balaban J connectivity index is 1.40. The Labute approximate surface area is 93.2 Å². The Morgan fingerprint density at radius 3 is 2.93 bits per heavy atom. The highest BCUT2D eigenvalue weighted by molar-refractivity contribution is 4.95. The van der Waals surface area contributed by atoms with Crippen molar-refractivity contribution in [2.24, 2.45) is 23.7 Å². The molecule has 1 heterocycles. The fourth-order valence-electron chi connectivity index (χ4n) is 3.63. The highest BCUT2D eigenvalue weighted by Gasteiger charge is 2.39. The minimum Gasteiger partial charge on any atom is -0.315 e. The molecule has 5 atom stereocenters. The van der Waals surface area contributed by atoms with Gasteiger partial charge in [-0.1, -0.05) is 13.3 Å². The first-order chi connectivity index (χ1) is 7.34. The van der Waals surface area contributed by atoms with Gasteiger partial charge in [0.15, 0.2) is 0 Å². The molecule has 0 amide bonds. The molecule has 2 aliphatic carbocycles. The third-order valence-electron chi connectivity index (χ3n) is 4.92. The van der Waals surface area contributed by atoms with Crippen LogP contribution in [0.4, 0.5) is 0 Å². The van der Waals surface area contributed by atoms with Crippen molar-refractivity contribution in [3.05, 3.63) is 0 Å². The molecule has 15 heavy (non-hydrogen) atoms. The van der Waals surface area contributed by atoms with Gasteiger partial charge in [-0.25, -0.2) is 0 Å². The average molecular weight is 208 g/mol. The van der Waals surface area contributed by atoms with Gasteiger partial charge in [0.05, 0.1) is 0 Å². The Bertz CT molecular complexity index is 229. The van der Waals surface area contributed by atoms with Crippen LogP contribution in [0, 0.1) is 23.7 Å². The van der Waals surface area contributed by atoms with Crippen LogP contribution in [0.15, 0.2) is 0 Å². The second kappa shape index (κ2) is 4.06. The summed E-state index contributed by atoms with van der Waals surface area (Å²) in [5, 5.41) is 7.37. The Morgan fingerprint density at radius 2 is 2.13 bits per heavy atom. The van der Waals surface area contributed by atoms with Crippen LogP contribution >= 0.6 is 0 Å². The van der Waals surface area contributed by atoms with Gasteiger partial charge in [-0.15, -0.1) is 0 Å². The van der Waals surface area contributed by atoms with Gasteiger partial charge in [0.2, 0.25) is 0 Å². The third-order valence-corrected chi connectivity index (χ3v) is 4.92. The lowest BCUT2D eigenvalue weighted by atomic mass is 9.94. The summed E-state index contributed by atoms with van der Waals surface area (Å²) in [6.45, 7) is 6.13. The zero-order valence-electron chi connectivity index (χ0n) is 9.84. The minimum atomic E-state index is 0.784. The predicted octanol–water partition coefficient (Wildman–Crippen LogP) is 1.62. The fourth-order valence-corrected chi connectivity index (χ4v) is 3.63. The first-order valence-corrected chi connectivity index (χ1v) is 6.78. The van der Waals surface area contributed by atoms with Gasteiger partial charge in [-0.2, -0.15) is 0 Å². The molecule has 0 aromatic rings. The highest BCUT2D eigenvalue weighted by Crippen LogP contribution is 2.38. The van der Waals surface area contributed by atoms with E-state index in [-0.39, 0.29) is 0 Å². The van der Waals surface area contributed by atoms with Crippen LogP contribution in [0.25, 0.3) is 0 Å². The van der Waals surface area contributed by atoms with Crippen molar-refractivity contribution in [1.29, 1.82) is 0 Å². The fraction of sp³-hybridized carbons (Fsp3) is 1.00. The van der Waals surface area contributed by atoms with E-state index < -0.39 is 0 Å². The van der Waals surface area contributed by atoms with Gasteiger partial charge >= 0.3 is 0 Å².